The van der Waals surface area contributed by atoms with Gasteiger partial charge in [0, 0.05) is 43.8 Å². The molecule has 1 fully saturated rings. The normalized spacial score (nSPS) is 15.7. The molecule has 7 rings (SSSR count). The highest BCUT2D eigenvalue weighted by Gasteiger charge is 2.38. The summed E-state index contributed by atoms with van der Waals surface area (Å²) < 4.78 is 25.7. The van der Waals surface area contributed by atoms with Crippen LogP contribution in [0.2, 0.25) is 0 Å². The molecule has 0 spiro atoms. The number of imidazole rings is 1. The van der Waals surface area contributed by atoms with Crippen LogP contribution in [0.4, 0.5) is 4.39 Å². The van der Waals surface area contributed by atoms with Crippen LogP contribution in [0.15, 0.2) is 84.9 Å². The van der Waals surface area contributed by atoms with Crippen molar-refractivity contribution in [1.82, 2.24) is 20.2 Å². The Labute approximate surface area is 236 Å². The molecular weight excluding hydrogens is 519 g/mol. The Kier molecular flexibility index (Phi) is 6.49. The molecule has 2 aliphatic rings. The van der Waals surface area contributed by atoms with Gasteiger partial charge in [-0.25, -0.2) is 9.37 Å². The third kappa shape index (κ3) is 4.65. The van der Waals surface area contributed by atoms with Crippen molar-refractivity contribution in [3.05, 3.63) is 119 Å². The fourth-order valence-electron chi connectivity index (χ4n) is 5.74. The Morgan fingerprint density at radius 2 is 1.80 bits per heavy atom. The number of halogens is 1. The summed E-state index contributed by atoms with van der Waals surface area (Å²) in [6, 6.07) is 25.9. The van der Waals surface area contributed by atoms with Gasteiger partial charge in [-0.1, -0.05) is 48.5 Å². The molecule has 5 aromatic rings. The minimum Gasteiger partial charge on any atom is -0.467 e. The van der Waals surface area contributed by atoms with Crippen molar-refractivity contribution in [2.75, 3.05) is 27.0 Å². The van der Waals surface area contributed by atoms with E-state index in [1.165, 1.54) is 24.8 Å². The number of fused-ring (bicyclic) bond motifs is 2. The monoisotopic (exact) mass is 548 g/mol. The van der Waals surface area contributed by atoms with Crippen LogP contribution in [-0.2, 0) is 11.3 Å². The maximum absolute atomic E-state index is 14.7. The van der Waals surface area contributed by atoms with Gasteiger partial charge in [-0.15, -0.1) is 0 Å². The molecule has 41 heavy (non-hydrogen) atoms. The van der Waals surface area contributed by atoms with E-state index in [4.69, 9.17) is 14.5 Å². The summed E-state index contributed by atoms with van der Waals surface area (Å²) in [6.45, 7) is 2.36. The largest absolute Gasteiger partial charge is 0.467 e. The molecule has 0 aliphatic carbocycles. The average Bonchev–Trinajstić information content (AvgIpc) is 3.53. The van der Waals surface area contributed by atoms with E-state index >= 15 is 0 Å². The predicted octanol–water partition coefficient (Wildman–Crippen LogP) is 5.78. The number of carbonyl (C=O) groups excluding carboxylic acids is 1. The second kappa shape index (κ2) is 10.5. The number of carbonyl (C=O) groups is 1. The van der Waals surface area contributed by atoms with Gasteiger partial charge >= 0.3 is 0 Å². The predicted molar refractivity (Wildman–Crippen MR) is 154 cm³/mol. The average molecular weight is 549 g/mol. The zero-order valence-electron chi connectivity index (χ0n) is 22.6. The first-order valence-corrected chi connectivity index (χ1v) is 13.7. The van der Waals surface area contributed by atoms with Gasteiger partial charge in [-0.2, -0.15) is 0 Å². The molecule has 1 atom stereocenters. The van der Waals surface area contributed by atoms with Gasteiger partial charge in [-0.05, 0) is 58.7 Å². The number of ether oxygens (including phenoxy) is 2. The summed E-state index contributed by atoms with van der Waals surface area (Å²) in [5, 5.41) is 3.32. The Hall–Kier alpha value is -4.53. The molecule has 8 heteroatoms. The van der Waals surface area contributed by atoms with Gasteiger partial charge in [0.15, 0.2) is 6.79 Å². The molecule has 0 saturated carbocycles. The highest BCUT2D eigenvalue weighted by molar-refractivity contribution is 6.00. The number of methoxy groups -OCH3 is 1. The summed E-state index contributed by atoms with van der Waals surface area (Å²) in [5.41, 5.74) is 6.98. The maximum Gasteiger partial charge on any atom is 0.255 e. The van der Waals surface area contributed by atoms with Gasteiger partial charge < -0.3 is 24.7 Å². The third-order valence-electron chi connectivity index (χ3n) is 8.02. The van der Waals surface area contributed by atoms with Crippen LogP contribution in [-0.4, -0.2) is 47.8 Å². The molecule has 0 radical (unpaired) electrons. The van der Waals surface area contributed by atoms with Crippen molar-refractivity contribution < 1.29 is 18.7 Å². The van der Waals surface area contributed by atoms with Gasteiger partial charge in [0.05, 0.1) is 11.0 Å². The molecule has 2 N–H and O–H groups in total. The van der Waals surface area contributed by atoms with Crippen LogP contribution in [0.5, 0.6) is 5.75 Å². The lowest BCUT2D eigenvalue weighted by molar-refractivity contribution is 0.0487. The minimum atomic E-state index is -0.719. The Balaban J connectivity index is 1.28. The highest BCUT2D eigenvalue weighted by atomic mass is 19.1. The van der Waals surface area contributed by atoms with Crippen LogP contribution < -0.4 is 10.1 Å². The lowest BCUT2D eigenvalue weighted by atomic mass is 9.92. The smallest absolute Gasteiger partial charge is 0.255 e. The number of aromatic nitrogens is 2. The van der Waals surface area contributed by atoms with Crippen LogP contribution in [0, 0.1) is 5.82 Å². The van der Waals surface area contributed by atoms with E-state index in [1.54, 1.807) is 11.0 Å². The van der Waals surface area contributed by atoms with Crippen molar-refractivity contribution in [3.63, 3.8) is 0 Å². The molecule has 1 aromatic heterocycles. The standard InChI is InChI=1S/C33H29FN4O3/c1-40-19-41-30-13-12-25(34)15-27(30)31(32-36-28-4-2-3-5-29(28)37-32)38-18-23-11-10-22(14-26(23)33(38)39)20-6-8-21(9-7-20)24-16-35-17-24/h2-15,24,31,35H,16-19H2,1H3,(H,36,37). The lowest BCUT2D eigenvalue weighted by Crippen LogP contribution is -2.39. The fourth-order valence-corrected chi connectivity index (χ4v) is 5.74. The van der Waals surface area contributed by atoms with Gasteiger partial charge in [0.1, 0.15) is 23.4 Å². The molecule has 206 valence electrons. The van der Waals surface area contributed by atoms with Crippen LogP contribution in [0.3, 0.4) is 0 Å². The van der Waals surface area contributed by atoms with Crippen molar-refractivity contribution in [1.29, 1.82) is 0 Å². The molecule has 4 aromatic carbocycles. The van der Waals surface area contributed by atoms with E-state index in [1.807, 2.05) is 36.4 Å². The molecule has 3 heterocycles. The molecule has 1 unspecified atom stereocenters. The number of amides is 1. The number of benzene rings is 4. The Morgan fingerprint density at radius 3 is 2.56 bits per heavy atom. The first kappa shape index (κ1) is 25.4. The molecule has 0 bridgehead atoms. The van der Waals surface area contributed by atoms with E-state index in [0.717, 1.165) is 40.8 Å². The van der Waals surface area contributed by atoms with Crippen molar-refractivity contribution in [2.24, 2.45) is 0 Å². The quantitative estimate of drug-likeness (QED) is 0.240. The second-order valence-electron chi connectivity index (χ2n) is 10.6. The van der Waals surface area contributed by atoms with Gasteiger partial charge in [0.25, 0.3) is 5.91 Å². The first-order valence-electron chi connectivity index (χ1n) is 13.7. The Bertz CT molecular complexity index is 1710. The number of nitrogens with zero attached hydrogens (tertiary/aromatic N) is 2. The number of H-pyrrole nitrogens is 1. The Morgan fingerprint density at radius 1 is 1.00 bits per heavy atom. The fraction of sp³-hybridized carbons (Fsp3) is 0.212. The molecule has 1 amide bonds. The van der Waals surface area contributed by atoms with Crippen molar-refractivity contribution in [2.45, 2.75) is 18.5 Å². The van der Waals surface area contributed by atoms with E-state index < -0.39 is 11.9 Å². The lowest BCUT2D eigenvalue weighted by Gasteiger charge is -2.28. The van der Waals surface area contributed by atoms with E-state index in [9.17, 15) is 9.18 Å². The summed E-state index contributed by atoms with van der Waals surface area (Å²) in [6.07, 6.45) is 0. The summed E-state index contributed by atoms with van der Waals surface area (Å²) in [4.78, 5) is 24.0. The van der Waals surface area contributed by atoms with Crippen molar-refractivity contribution >= 4 is 16.9 Å². The van der Waals surface area contributed by atoms with Crippen LogP contribution in [0.1, 0.15) is 44.8 Å². The second-order valence-corrected chi connectivity index (χ2v) is 10.6. The summed E-state index contributed by atoms with van der Waals surface area (Å²) in [7, 11) is 1.52. The minimum absolute atomic E-state index is 0.0148. The SMILES string of the molecule is COCOc1ccc(F)cc1C(c1nc2ccccc2[nH]1)N1Cc2ccc(-c3ccc(C4CNC4)cc3)cc2C1=O. The molecule has 2 aliphatic heterocycles. The third-order valence-corrected chi connectivity index (χ3v) is 8.02. The number of para-hydroxylation sites is 2. The van der Waals surface area contributed by atoms with Crippen LogP contribution >= 0.6 is 0 Å². The number of rotatable bonds is 8. The van der Waals surface area contributed by atoms with E-state index in [2.05, 4.69) is 40.6 Å². The molecular formula is C33H29FN4O3. The van der Waals surface area contributed by atoms with Gasteiger partial charge in [0.2, 0.25) is 0 Å². The maximum atomic E-state index is 14.7. The highest BCUT2D eigenvalue weighted by Crippen LogP contribution is 2.40. The summed E-state index contributed by atoms with van der Waals surface area (Å²) in [5.74, 6) is 0.936. The number of hydrogen-bond acceptors (Lipinski definition) is 5. The zero-order chi connectivity index (χ0) is 27.9. The number of nitrogens with one attached hydrogen (secondary N) is 2. The summed E-state index contributed by atoms with van der Waals surface area (Å²) >= 11 is 0. The first-order chi connectivity index (χ1) is 20.1. The number of aromatic amines is 1. The number of hydrogen-bond donors (Lipinski definition) is 2. The zero-order valence-corrected chi connectivity index (χ0v) is 22.6. The van der Waals surface area contributed by atoms with Gasteiger partial charge in [-0.3, -0.25) is 4.79 Å². The molecule has 7 nitrogen and oxygen atoms in total. The van der Waals surface area contributed by atoms with Crippen LogP contribution in [0.25, 0.3) is 22.2 Å². The molecule has 1 saturated heterocycles. The van der Waals surface area contributed by atoms with Crippen molar-refractivity contribution in [3.8, 4) is 16.9 Å². The van der Waals surface area contributed by atoms with E-state index in [-0.39, 0.29) is 12.7 Å². The topological polar surface area (TPSA) is 79.5 Å². The van der Waals surface area contributed by atoms with E-state index in [0.29, 0.717) is 35.2 Å².